The normalized spacial score (nSPS) is 10.4. The molecule has 0 spiro atoms. The van der Waals surface area contributed by atoms with E-state index >= 15 is 0 Å². The summed E-state index contributed by atoms with van der Waals surface area (Å²) in [5.74, 6) is 0.642. The van der Waals surface area contributed by atoms with E-state index in [1.54, 1.807) is 31.2 Å². The van der Waals surface area contributed by atoms with Crippen LogP contribution in [0, 0.1) is 6.92 Å². The van der Waals surface area contributed by atoms with Crippen LogP contribution in [0.25, 0.3) is 0 Å². The summed E-state index contributed by atoms with van der Waals surface area (Å²) in [5, 5.41) is 6.62. The van der Waals surface area contributed by atoms with E-state index in [1.807, 2.05) is 30.3 Å². The van der Waals surface area contributed by atoms with E-state index in [4.69, 9.17) is 23.2 Å². The Kier molecular flexibility index (Phi) is 5.71. The summed E-state index contributed by atoms with van der Waals surface area (Å²) < 4.78 is 0. The molecule has 0 aliphatic carbocycles. The zero-order valence-electron chi connectivity index (χ0n) is 14.0. The van der Waals surface area contributed by atoms with Crippen molar-refractivity contribution < 1.29 is 4.79 Å². The van der Waals surface area contributed by atoms with Crippen molar-refractivity contribution in [3.05, 3.63) is 81.7 Å². The van der Waals surface area contributed by atoms with Gasteiger partial charge in [0.15, 0.2) is 0 Å². The van der Waals surface area contributed by atoms with Crippen LogP contribution in [0.1, 0.15) is 21.9 Å². The van der Waals surface area contributed by atoms with E-state index in [9.17, 15) is 4.79 Å². The second-order valence-electron chi connectivity index (χ2n) is 5.58. The number of aromatic nitrogens is 2. The van der Waals surface area contributed by atoms with Gasteiger partial charge >= 0.3 is 0 Å². The lowest BCUT2D eigenvalue weighted by atomic mass is 10.2. The number of nitrogens with one attached hydrogen (secondary N) is 2. The standard InChI is InChI=1S/C19H16Cl2N4O/c1-12-23-16(19(26)25-18-14(20)8-5-9-15(18)21)10-17(24-12)22-11-13-6-3-2-4-7-13/h2-10H,11H2,1H3,(H,25,26)(H,22,23,24). The number of hydrogen-bond donors (Lipinski definition) is 2. The van der Waals surface area contributed by atoms with Crippen molar-refractivity contribution in [3.8, 4) is 0 Å². The second kappa shape index (κ2) is 8.17. The van der Waals surface area contributed by atoms with Crippen LogP contribution in [-0.4, -0.2) is 15.9 Å². The van der Waals surface area contributed by atoms with E-state index in [1.165, 1.54) is 0 Å². The first kappa shape index (κ1) is 18.2. The Morgan fingerprint density at radius 2 is 1.69 bits per heavy atom. The number of anilines is 2. The van der Waals surface area contributed by atoms with Crippen LogP contribution >= 0.6 is 23.2 Å². The van der Waals surface area contributed by atoms with E-state index < -0.39 is 5.91 Å². The quantitative estimate of drug-likeness (QED) is 0.650. The second-order valence-corrected chi connectivity index (χ2v) is 6.39. The Labute approximate surface area is 161 Å². The van der Waals surface area contributed by atoms with Gasteiger partial charge in [-0.05, 0) is 24.6 Å². The largest absolute Gasteiger partial charge is 0.366 e. The van der Waals surface area contributed by atoms with Gasteiger partial charge in [-0.25, -0.2) is 9.97 Å². The maximum Gasteiger partial charge on any atom is 0.274 e. The lowest BCUT2D eigenvalue weighted by Gasteiger charge is -2.11. The average molecular weight is 387 g/mol. The van der Waals surface area contributed by atoms with Crippen molar-refractivity contribution in [2.24, 2.45) is 0 Å². The molecule has 0 saturated carbocycles. The highest BCUT2D eigenvalue weighted by molar-refractivity contribution is 6.40. The molecule has 0 atom stereocenters. The van der Waals surface area contributed by atoms with Gasteiger partial charge in [-0.3, -0.25) is 4.79 Å². The van der Waals surface area contributed by atoms with Crippen LogP contribution in [0.4, 0.5) is 11.5 Å². The Bertz CT molecular complexity index is 912. The van der Waals surface area contributed by atoms with Crippen LogP contribution in [0.3, 0.4) is 0 Å². The van der Waals surface area contributed by atoms with E-state index in [2.05, 4.69) is 20.6 Å². The van der Waals surface area contributed by atoms with Gasteiger partial charge < -0.3 is 10.6 Å². The number of benzene rings is 2. The van der Waals surface area contributed by atoms with Crippen molar-refractivity contribution in [2.45, 2.75) is 13.5 Å². The predicted octanol–water partition coefficient (Wildman–Crippen LogP) is 4.96. The zero-order chi connectivity index (χ0) is 18.5. The molecule has 132 valence electrons. The highest BCUT2D eigenvalue weighted by atomic mass is 35.5. The van der Waals surface area contributed by atoms with Crippen molar-refractivity contribution in [2.75, 3.05) is 10.6 Å². The smallest absolute Gasteiger partial charge is 0.274 e. The van der Waals surface area contributed by atoms with E-state index in [-0.39, 0.29) is 5.69 Å². The van der Waals surface area contributed by atoms with Crippen molar-refractivity contribution in [3.63, 3.8) is 0 Å². The number of aryl methyl sites for hydroxylation is 1. The number of hydrogen-bond acceptors (Lipinski definition) is 4. The van der Waals surface area contributed by atoms with Gasteiger partial charge in [0.05, 0.1) is 15.7 Å². The van der Waals surface area contributed by atoms with Crippen LogP contribution in [0.2, 0.25) is 10.0 Å². The average Bonchev–Trinajstić information content (AvgIpc) is 2.63. The molecule has 2 aromatic carbocycles. The summed E-state index contributed by atoms with van der Waals surface area (Å²) in [5.41, 5.74) is 1.69. The summed E-state index contributed by atoms with van der Waals surface area (Å²) in [6.07, 6.45) is 0. The van der Waals surface area contributed by atoms with Crippen LogP contribution < -0.4 is 10.6 Å². The minimum atomic E-state index is -0.409. The SMILES string of the molecule is Cc1nc(NCc2ccccc2)cc(C(=O)Nc2c(Cl)cccc2Cl)n1. The van der Waals surface area contributed by atoms with Crippen LogP contribution in [-0.2, 0) is 6.54 Å². The maximum atomic E-state index is 12.6. The molecule has 1 aromatic heterocycles. The number of halogens is 2. The third-order valence-corrected chi connectivity index (χ3v) is 4.22. The first-order valence-electron chi connectivity index (χ1n) is 7.92. The van der Waals surface area contributed by atoms with Crippen molar-refractivity contribution in [1.82, 2.24) is 9.97 Å². The van der Waals surface area contributed by atoms with Crippen molar-refractivity contribution >= 4 is 40.6 Å². The summed E-state index contributed by atoms with van der Waals surface area (Å²) in [7, 11) is 0. The zero-order valence-corrected chi connectivity index (χ0v) is 15.5. The Balaban J connectivity index is 1.77. The van der Waals surface area contributed by atoms with Gasteiger partial charge in [0.1, 0.15) is 17.3 Å². The lowest BCUT2D eigenvalue weighted by Crippen LogP contribution is -2.16. The van der Waals surface area contributed by atoms with Crippen molar-refractivity contribution in [1.29, 1.82) is 0 Å². The third kappa shape index (κ3) is 4.50. The number of carbonyl (C=O) groups is 1. The minimum Gasteiger partial charge on any atom is -0.366 e. The summed E-state index contributed by atoms with van der Waals surface area (Å²) in [6.45, 7) is 2.32. The first-order chi connectivity index (χ1) is 12.5. The van der Waals surface area contributed by atoms with Gasteiger partial charge in [-0.1, -0.05) is 59.6 Å². The fourth-order valence-corrected chi connectivity index (χ4v) is 2.85. The molecule has 1 heterocycles. The summed E-state index contributed by atoms with van der Waals surface area (Å²) in [6, 6.07) is 16.5. The number of carbonyl (C=O) groups excluding carboxylic acids is 1. The Morgan fingerprint density at radius 3 is 2.38 bits per heavy atom. The number of nitrogens with zero attached hydrogens (tertiary/aromatic N) is 2. The lowest BCUT2D eigenvalue weighted by molar-refractivity contribution is 0.102. The topological polar surface area (TPSA) is 66.9 Å². The monoisotopic (exact) mass is 386 g/mol. The first-order valence-corrected chi connectivity index (χ1v) is 8.67. The number of amides is 1. The fraction of sp³-hybridized carbons (Fsp3) is 0.105. The number of para-hydroxylation sites is 1. The molecule has 2 N–H and O–H groups in total. The molecule has 0 radical (unpaired) electrons. The molecule has 0 aliphatic heterocycles. The predicted molar refractivity (Wildman–Crippen MR) is 105 cm³/mol. The molecule has 0 fully saturated rings. The Morgan fingerprint density at radius 1 is 1.00 bits per heavy atom. The molecule has 0 saturated heterocycles. The molecule has 26 heavy (non-hydrogen) atoms. The van der Waals surface area contributed by atoms with Gasteiger partial charge in [-0.2, -0.15) is 0 Å². The molecule has 0 bridgehead atoms. The maximum absolute atomic E-state index is 12.6. The van der Waals surface area contributed by atoms with Crippen LogP contribution in [0.15, 0.2) is 54.6 Å². The summed E-state index contributed by atoms with van der Waals surface area (Å²) >= 11 is 12.2. The van der Waals surface area contributed by atoms with Crippen LogP contribution in [0.5, 0.6) is 0 Å². The molecule has 3 rings (SSSR count). The highest BCUT2D eigenvalue weighted by Crippen LogP contribution is 2.30. The van der Waals surface area contributed by atoms with Gasteiger partial charge in [0, 0.05) is 12.6 Å². The van der Waals surface area contributed by atoms with Gasteiger partial charge in [-0.15, -0.1) is 0 Å². The van der Waals surface area contributed by atoms with Gasteiger partial charge in [0.2, 0.25) is 0 Å². The molecule has 0 aliphatic rings. The van der Waals surface area contributed by atoms with E-state index in [0.717, 1.165) is 5.56 Å². The molecular weight excluding hydrogens is 371 g/mol. The van der Waals surface area contributed by atoms with Gasteiger partial charge in [0.25, 0.3) is 5.91 Å². The molecule has 1 amide bonds. The highest BCUT2D eigenvalue weighted by Gasteiger charge is 2.14. The molecule has 3 aromatic rings. The molecular formula is C19H16Cl2N4O. The molecule has 0 unspecified atom stereocenters. The number of rotatable bonds is 5. The summed E-state index contributed by atoms with van der Waals surface area (Å²) in [4.78, 5) is 21.1. The van der Waals surface area contributed by atoms with E-state index in [0.29, 0.717) is 33.9 Å². The Hall–Kier alpha value is -2.63. The fourth-order valence-electron chi connectivity index (χ4n) is 2.36. The third-order valence-electron chi connectivity index (χ3n) is 3.59. The minimum absolute atomic E-state index is 0.226. The molecule has 5 nitrogen and oxygen atoms in total. The molecule has 7 heteroatoms.